The maximum atomic E-state index is 9.82. The van der Waals surface area contributed by atoms with Gasteiger partial charge in [0.05, 0.1) is 11.1 Å². The van der Waals surface area contributed by atoms with Gasteiger partial charge in [0.25, 0.3) is 0 Å². The van der Waals surface area contributed by atoms with E-state index in [0.29, 0.717) is 0 Å². The molecule has 0 amide bonds. The van der Waals surface area contributed by atoms with Gasteiger partial charge in [-0.2, -0.15) is 0 Å². The van der Waals surface area contributed by atoms with Crippen molar-refractivity contribution in [1.29, 1.82) is 1.43 Å². The highest BCUT2D eigenvalue weighted by Crippen LogP contribution is 2.39. The third-order valence-electron chi connectivity index (χ3n) is 3.16. The van der Waals surface area contributed by atoms with E-state index in [0.717, 1.165) is 26.9 Å². The van der Waals surface area contributed by atoms with Crippen LogP contribution in [-0.4, -0.2) is 21.1 Å². The molecule has 0 aliphatic rings. The lowest BCUT2D eigenvalue weighted by atomic mass is 9.85. The minimum Gasteiger partial charge on any atom is -0.432 e. The Morgan fingerprint density at radius 3 is 2.68 bits per heavy atom. The number of hydrogen-bond donors (Lipinski definition) is 2. The van der Waals surface area contributed by atoms with Crippen molar-refractivity contribution in [2.24, 2.45) is 0 Å². The molecule has 2 rings (SSSR count). The Labute approximate surface area is 123 Å². The Bertz CT molecular complexity index is 610. The molecule has 2 N–H and O–H groups in total. The van der Waals surface area contributed by atoms with Gasteiger partial charge in [-0.25, -0.2) is 0 Å². The van der Waals surface area contributed by atoms with Gasteiger partial charge in [0.15, 0.2) is 0 Å². The first kappa shape index (κ1) is 13.4. The molecule has 1 heterocycles. The zero-order valence-corrected chi connectivity index (χ0v) is 13.1. The molecule has 0 atom stereocenters. The monoisotopic (exact) mass is 297 g/mol. The van der Waals surface area contributed by atoms with Crippen LogP contribution < -0.4 is 0 Å². The lowest BCUT2D eigenvalue weighted by molar-refractivity contribution is 0.565. The smallest absolute Gasteiger partial charge is 0.413 e. The molecular weight excluding hydrogens is 277 g/mol. The standard InChI is InChI=1S/C13H18BNO2S2/c1-13(2,3)10-8-11-9(7-12(10)18-19-17)5-6-15(11)14(4)16/h5-8,16-17H,1-4H3/i/hT. The SMILES string of the molecule is [3H]OSSc1cc2ccn(B(C)O)c2cc1C(C)(C)C. The second kappa shape index (κ2) is 5.44. The molecule has 102 valence electrons. The molecule has 0 saturated carbocycles. The van der Waals surface area contributed by atoms with E-state index in [9.17, 15) is 5.02 Å². The fourth-order valence-corrected chi connectivity index (χ4v) is 3.54. The van der Waals surface area contributed by atoms with Crippen molar-refractivity contribution in [1.82, 2.24) is 4.48 Å². The molecule has 0 saturated heterocycles. The molecule has 0 fully saturated rings. The van der Waals surface area contributed by atoms with Crippen LogP contribution >= 0.6 is 21.9 Å². The van der Waals surface area contributed by atoms with Crippen LogP contribution in [0.3, 0.4) is 0 Å². The summed E-state index contributed by atoms with van der Waals surface area (Å²) in [5.41, 5.74) is 2.18. The van der Waals surface area contributed by atoms with Crippen molar-refractivity contribution in [3.63, 3.8) is 0 Å². The number of aromatic nitrogens is 1. The van der Waals surface area contributed by atoms with E-state index in [1.54, 1.807) is 6.82 Å². The van der Waals surface area contributed by atoms with Crippen molar-refractivity contribution >= 4 is 39.8 Å². The van der Waals surface area contributed by atoms with Gasteiger partial charge in [0.2, 0.25) is 1.43 Å². The quantitative estimate of drug-likeness (QED) is 0.506. The van der Waals surface area contributed by atoms with Gasteiger partial charge in [0, 0.05) is 10.4 Å². The second-order valence-corrected chi connectivity index (χ2v) is 7.31. The van der Waals surface area contributed by atoms with Crippen molar-refractivity contribution in [3.8, 4) is 0 Å². The van der Waals surface area contributed by atoms with Crippen LogP contribution in [0.15, 0.2) is 29.3 Å². The van der Waals surface area contributed by atoms with Gasteiger partial charge in [-0.1, -0.05) is 20.8 Å². The van der Waals surface area contributed by atoms with Crippen LogP contribution in [0.5, 0.6) is 0 Å². The van der Waals surface area contributed by atoms with Gasteiger partial charge < -0.3 is 14.1 Å². The second-order valence-electron chi connectivity index (χ2n) is 5.66. The van der Waals surface area contributed by atoms with Crippen molar-refractivity contribution < 1.29 is 9.58 Å². The highest BCUT2D eigenvalue weighted by Gasteiger charge is 2.21. The average Bonchev–Trinajstić information content (AvgIpc) is 2.76. The normalized spacial score (nSPS) is 12.8. The summed E-state index contributed by atoms with van der Waals surface area (Å²) < 4.78 is 13.0. The Kier molecular flexibility index (Phi) is 3.85. The van der Waals surface area contributed by atoms with Crippen LogP contribution in [0.1, 0.15) is 26.3 Å². The maximum Gasteiger partial charge on any atom is 0.413 e. The first-order valence-corrected chi connectivity index (χ1v) is 8.21. The minimum absolute atomic E-state index is 0.0209. The van der Waals surface area contributed by atoms with E-state index in [1.165, 1.54) is 16.4 Å². The van der Waals surface area contributed by atoms with E-state index in [-0.39, 0.29) is 5.41 Å². The first-order valence-electron chi connectivity index (χ1n) is 6.55. The van der Waals surface area contributed by atoms with E-state index < -0.39 is 7.05 Å². The van der Waals surface area contributed by atoms with E-state index >= 15 is 0 Å². The van der Waals surface area contributed by atoms with E-state index in [1.807, 2.05) is 16.7 Å². The van der Waals surface area contributed by atoms with Gasteiger partial charge in [0.1, 0.15) is 0 Å². The summed E-state index contributed by atoms with van der Waals surface area (Å²) in [5.74, 6) is 0. The predicted molar refractivity (Wildman–Crippen MR) is 85.9 cm³/mol. The number of hydrogen-bond acceptors (Lipinski definition) is 4. The predicted octanol–water partition coefficient (Wildman–Crippen LogP) is 4.11. The van der Waals surface area contributed by atoms with Gasteiger partial charge in [-0.15, -0.1) is 0 Å². The molecule has 0 aliphatic heterocycles. The Balaban J connectivity index is 2.61. The largest absolute Gasteiger partial charge is 0.432 e. The molecule has 1 aromatic carbocycles. The highest BCUT2D eigenvalue weighted by molar-refractivity contribution is 8.74. The Morgan fingerprint density at radius 1 is 1.37 bits per heavy atom. The molecule has 6 heteroatoms. The van der Waals surface area contributed by atoms with Gasteiger partial charge in [-0.3, -0.25) is 0 Å². The van der Waals surface area contributed by atoms with Crippen LogP contribution in [-0.2, 0) is 5.41 Å². The molecule has 3 nitrogen and oxygen atoms in total. The molecule has 19 heavy (non-hydrogen) atoms. The number of fused-ring (bicyclic) bond motifs is 1. The first-order chi connectivity index (χ1) is 9.34. The average molecular weight is 297 g/mol. The van der Waals surface area contributed by atoms with Crippen LogP contribution in [0, 0.1) is 0 Å². The molecular formula is C13H18BNO2S2. The molecule has 1 aromatic heterocycles. The summed E-state index contributed by atoms with van der Waals surface area (Å²) in [6.45, 7) is 8.21. The zero-order chi connectivity index (χ0) is 14.9. The van der Waals surface area contributed by atoms with Crippen molar-refractivity contribution in [3.05, 3.63) is 30.0 Å². The summed E-state index contributed by atoms with van der Waals surface area (Å²) in [7, 11) is 0.890. The lowest BCUT2D eigenvalue weighted by Gasteiger charge is -2.23. The molecule has 0 bridgehead atoms. The number of rotatable bonds is 4. The maximum absolute atomic E-state index is 9.82. The topological polar surface area (TPSA) is 45.4 Å². The summed E-state index contributed by atoms with van der Waals surface area (Å²) >= 11 is 1.04. The summed E-state index contributed by atoms with van der Waals surface area (Å²) in [6, 6.07) is 6.20. The summed E-state index contributed by atoms with van der Waals surface area (Å²) in [6.07, 6.45) is 1.89. The third kappa shape index (κ3) is 2.97. The molecule has 0 radical (unpaired) electrons. The number of benzene rings is 1. The summed E-state index contributed by atoms with van der Waals surface area (Å²) in [5, 5.41) is 10.9. The molecule has 0 aliphatic carbocycles. The molecule has 2 aromatic rings. The van der Waals surface area contributed by atoms with E-state index in [2.05, 4.69) is 37.5 Å². The van der Waals surface area contributed by atoms with Crippen molar-refractivity contribution in [2.75, 3.05) is 0 Å². The fourth-order valence-electron chi connectivity index (χ4n) is 2.20. The molecule has 0 spiro atoms. The number of nitrogens with zero attached hydrogens (tertiary/aromatic N) is 1. The lowest BCUT2D eigenvalue weighted by Crippen LogP contribution is -2.19. The highest BCUT2D eigenvalue weighted by atomic mass is 33.1. The van der Waals surface area contributed by atoms with Gasteiger partial charge >= 0.3 is 7.05 Å². The zero-order valence-electron chi connectivity index (χ0n) is 12.5. The van der Waals surface area contributed by atoms with Crippen LogP contribution in [0.4, 0.5) is 0 Å². The van der Waals surface area contributed by atoms with E-state index in [4.69, 9.17) is 1.43 Å². The van der Waals surface area contributed by atoms with Gasteiger partial charge in [-0.05, 0) is 58.4 Å². The summed E-state index contributed by atoms with van der Waals surface area (Å²) in [4.78, 5) is 1.09. The van der Waals surface area contributed by atoms with Crippen LogP contribution in [0.25, 0.3) is 12.3 Å². The third-order valence-corrected chi connectivity index (χ3v) is 4.48. The van der Waals surface area contributed by atoms with Crippen molar-refractivity contribution in [2.45, 2.75) is 37.9 Å². The molecule has 0 unspecified atom stereocenters. The Hall–Kier alpha value is -0.555. The fraction of sp³-hybridized carbons (Fsp3) is 0.385. The minimum atomic E-state index is -0.551. The Morgan fingerprint density at radius 2 is 2.11 bits per heavy atom. The van der Waals surface area contributed by atoms with Crippen LogP contribution in [0.2, 0.25) is 6.82 Å².